The molecule has 4 nitrogen and oxygen atoms in total. The van der Waals surface area contributed by atoms with Crippen molar-refractivity contribution in [2.75, 3.05) is 0 Å². The maximum Gasteiger partial charge on any atom is 0.339 e. The number of para-hydroxylation sites is 1. The Balaban J connectivity index is 1.57. The number of fused-ring (bicyclic) bond motifs is 2. The lowest BCUT2D eigenvalue weighted by Crippen LogP contribution is -2.15. The number of hydrogen-bond acceptors (Lipinski definition) is 4. The number of halogens is 2. The largest absolute Gasteiger partial charge is 0.465 e. The smallest absolute Gasteiger partial charge is 0.339 e. The van der Waals surface area contributed by atoms with Gasteiger partial charge in [0.2, 0.25) is 0 Å². The van der Waals surface area contributed by atoms with E-state index in [9.17, 15) is 9.18 Å². The summed E-state index contributed by atoms with van der Waals surface area (Å²) >= 11 is 6.10. The van der Waals surface area contributed by atoms with Crippen LogP contribution in [0.15, 0.2) is 65.3 Å². The Labute approximate surface area is 189 Å². The molecule has 0 N–H and O–H groups in total. The van der Waals surface area contributed by atoms with Crippen LogP contribution < -0.4 is 0 Å². The summed E-state index contributed by atoms with van der Waals surface area (Å²) in [4.78, 5) is 18.2. The zero-order valence-electron chi connectivity index (χ0n) is 17.1. The van der Waals surface area contributed by atoms with Crippen LogP contribution in [0.4, 0.5) is 4.39 Å². The maximum absolute atomic E-state index is 13.3. The van der Waals surface area contributed by atoms with Crippen molar-refractivity contribution in [1.82, 2.24) is 4.98 Å². The molecule has 2 heterocycles. The van der Waals surface area contributed by atoms with Gasteiger partial charge in [0.15, 0.2) is 0 Å². The third-order valence-electron chi connectivity index (χ3n) is 5.61. The van der Waals surface area contributed by atoms with E-state index in [1.54, 1.807) is 6.26 Å². The van der Waals surface area contributed by atoms with Gasteiger partial charge in [-0.15, -0.1) is 0 Å². The van der Waals surface area contributed by atoms with Gasteiger partial charge in [0.25, 0.3) is 0 Å². The highest BCUT2D eigenvalue weighted by Gasteiger charge is 2.26. The second-order valence-corrected chi connectivity index (χ2v) is 8.09. The van der Waals surface area contributed by atoms with Gasteiger partial charge in [-0.1, -0.05) is 35.9 Å². The zero-order chi connectivity index (χ0) is 22.1. The molecule has 0 saturated heterocycles. The second kappa shape index (κ2) is 8.60. The lowest BCUT2D eigenvalue weighted by Gasteiger charge is -2.22. The van der Waals surface area contributed by atoms with Gasteiger partial charge < -0.3 is 9.15 Å². The molecule has 2 aromatic carbocycles. The monoisotopic (exact) mass is 447 g/mol. The fourth-order valence-corrected chi connectivity index (χ4v) is 4.33. The molecule has 1 aliphatic rings. The number of ether oxygens (including phenoxy) is 1. The summed E-state index contributed by atoms with van der Waals surface area (Å²) in [7, 11) is 0. The lowest BCUT2D eigenvalue weighted by molar-refractivity contribution is 0.0473. The first-order valence-electron chi connectivity index (χ1n) is 10.4. The molecule has 0 spiro atoms. The normalized spacial score (nSPS) is 14.5. The van der Waals surface area contributed by atoms with E-state index >= 15 is 0 Å². The third-order valence-corrected chi connectivity index (χ3v) is 5.96. The molecule has 0 fully saturated rings. The number of allylic oxidation sites excluding steroid dienone is 1. The van der Waals surface area contributed by atoms with Crippen LogP contribution in [-0.4, -0.2) is 11.0 Å². The first-order valence-corrected chi connectivity index (χ1v) is 10.7. The molecule has 1 aliphatic carbocycles. The predicted molar refractivity (Wildman–Crippen MR) is 122 cm³/mol. The number of carbonyl (C=O) groups excluding carboxylic acids is 1. The fraction of sp³-hybridized carbons (Fsp3) is 0.154. The fourth-order valence-electron chi connectivity index (χ4n) is 4.11. The standard InChI is InChI=1S/C26H19ClFNO3/c27-22-14-18(28)11-10-17(22)15-32-26(30)24-20-7-1-2-9-23(20)29-25-16(5-3-8-21(24)25)13-19-6-4-12-31-19/h1-2,4,6-7,9-14H,3,5,8,15H2/b16-13-. The van der Waals surface area contributed by atoms with Crippen LogP contribution in [0.5, 0.6) is 0 Å². The highest BCUT2D eigenvalue weighted by Crippen LogP contribution is 2.36. The average molecular weight is 448 g/mol. The van der Waals surface area contributed by atoms with Gasteiger partial charge in [0.1, 0.15) is 18.2 Å². The Morgan fingerprint density at radius 3 is 2.84 bits per heavy atom. The predicted octanol–water partition coefficient (Wildman–Crippen LogP) is 6.85. The number of pyridine rings is 1. The van der Waals surface area contributed by atoms with E-state index in [-0.39, 0.29) is 11.6 Å². The van der Waals surface area contributed by atoms with Crippen molar-refractivity contribution in [3.8, 4) is 0 Å². The molecule has 0 bridgehead atoms. The van der Waals surface area contributed by atoms with Crippen LogP contribution >= 0.6 is 11.6 Å². The minimum atomic E-state index is -0.445. The molecule has 0 amide bonds. The maximum atomic E-state index is 13.3. The van der Waals surface area contributed by atoms with E-state index in [1.165, 1.54) is 18.2 Å². The van der Waals surface area contributed by atoms with Crippen molar-refractivity contribution in [3.05, 3.63) is 99.8 Å². The molecule has 0 radical (unpaired) electrons. The summed E-state index contributed by atoms with van der Waals surface area (Å²) in [5.41, 5.74) is 4.51. The van der Waals surface area contributed by atoms with Crippen molar-refractivity contribution in [2.45, 2.75) is 25.9 Å². The number of esters is 1. The number of furan rings is 1. The van der Waals surface area contributed by atoms with Crippen LogP contribution in [0.25, 0.3) is 22.6 Å². The van der Waals surface area contributed by atoms with E-state index < -0.39 is 11.8 Å². The van der Waals surface area contributed by atoms with Crippen molar-refractivity contribution in [3.63, 3.8) is 0 Å². The van der Waals surface area contributed by atoms with E-state index in [1.807, 2.05) is 42.5 Å². The first-order chi connectivity index (χ1) is 15.6. The van der Waals surface area contributed by atoms with E-state index in [0.717, 1.165) is 52.8 Å². The van der Waals surface area contributed by atoms with Gasteiger partial charge in [-0.3, -0.25) is 0 Å². The number of hydrogen-bond donors (Lipinski definition) is 0. The van der Waals surface area contributed by atoms with Crippen molar-refractivity contribution < 1.29 is 18.3 Å². The molecule has 4 aromatic rings. The summed E-state index contributed by atoms with van der Waals surface area (Å²) in [6, 6.07) is 15.3. The minimum absolute atomic E-state index is 0.0432. The molecule has 6 heteroatoms. The Morgan fingerprint density at radius 1 is 1.16 bits per heavy atom. The van der Waals surface area contributed by atoms with Crippen LogP contribution in [0, 0.1) is 5.82 Å². The Bertz CT molecular complexity index is 1340. The number of carbonyl (C=O) groups is 1. The molecule has 0 unspecified atom stereocenters. The minimum Gasteiger partial charge on any atom is -0.465 e. The third kappa shape index (κ3) is 3.92. The Kier molecular flexibility index (Phi) is 5.50. The van der Waals surface area contributed by atoms with Crippen LogP contribution in [0.1, 0.15) is 45.8 Å². The molecule has 32 heavy (non-hydrogen) atoms. The zero-order valence-corrected chi connectivity index (χ0v) is 17.9. The van der Waals surface area contributed by atoms with Gasteiger partial charge in [0, 0.05) is 10.9 Å². The Morgan fingerprint density at radius 2 is 2.03 bits per heavy atom. The van der Waals surface area contributed by atoms with Crippen molar-refractivity contribution in [2.24, 2.45) is 0 Å². The number of nitrogens with zero attached hydrogens (tertiary/aromatic N) is 1. The second-order valence-electron chi connectivity index (χ2n) is 7.68. The summed E-state index contributed by atoms with van der Waals surface area (Å²) in [6.45, 7) is -0.0432. The molecule has 0 saturated carbocycles. The van der Waals surface area contributed by atoms with E-state index in [2.05, 4.69) is 0 Å². The van der Waals surface area contributed by atoms with Crippen LogP contribution in [0.2, 0.25) is 5.02 Å². The summed E-state index contributed by atoms with van der Waals surface area (Å²) < 4.78 is 24.5. The van der Waals surface area contributed by atoms with E-state index in [0.29, 0.717) is 11.1 Å². The van der Waals surface area contributed by atoms with Crippen molar-refractivity contribution >= 4 is 40.1 Å². The molecule has 0 aliphatic heterocycles. The number of aromatic nitrogens is 1. The number of benzene rings is 2. The van der Waals surface area contributed by atoms with Crippen LogP contribution in [0.3, 0.4) is 0 Å². The van der Waals surface area contributed by atoms with Gasteiger partial charge in [-0.05, 0) is 66.8 Å². The van der Waals surface area contributed by atoms with Gasteiger partial charge in [0.05, 0.1) is 28.1 Å². The van der Waals surface area contributed by atoms with Crippen LogP contribution in [-0.2, 0) is 17.8 Å². The summed E-state index contributed by atoms with van der Waals surface area (Å²) in [5.74, 6) is -0.132. The first kappa shape index (κ1) is 20.5. The summed E-state index contributed by atoms with van der Waals surface area (Å²) in [6.07, 6.45) is 6.08. The quantitative estimate of drug-likeness (QED) is 0.321. The van der Waals surface area contributed by atoms with Gasteiger partial charge in [-0.2, -0.15) is 0 Å². The molecular formula is C26H19ClFNO3. The molecule has 160 valence electrons. The molecular weight excluding hydrogens is 429 g/mol. The highest BCUT2D eigenvalue weighted by molar-refractivity contribution is 6.31. The van der Waals surface area contributed by atoms with Crippen molar-refractivity contribution in [1.29, 1.82) is 0 Å². The average Bonchev–Trinajstić information content (AvgIpc) is 3.30. The number of rotatable bonds is 4. The highest BCUT2D eigenvalue weighted by atomic mass is 35.5. The summed E-state index contributed by atoms with van der Waals surface area (Å²) in [5, 5.41) is 0.976. The molecule has 5 rings (SSSR count). The lowest BCUT2D eigenvalue weighted by atomic mass is 9.86. The van der Waals surface area contributed by atoms with E-state index in [4.69, 9.17) is 25.7 Å². The Hall–Kier alpha value is -3.44. The van der Waals surface area contributed by atoms with Gasteiger partial charge >= 0.3 is 5.97 Å². The van der Waals surface area contributed by atoms with Gasteiger partial charge in [-0.25, -0.2) is 14.2 Å². The molecule has 2 aromatic heterocycles. The SMILES string of the molecule is O=C(OCc1ccc(F)cc1Cl)c1c2c(nc3ccccc13)/C(=C\c1ccco1)CCC2. The molecule has 0 atom stereocenters. The topological polar surface area (TPSA) is 52.3 Å².